The summed E-state index contributed by atoms with van der Waals surface area (Å²) in [6.07, 6.45) is 0.826. The molecule has 2 rings (SSSR count). The van der Waals surface area contributed by atoms with E-state index >= 15 is 0 Å². The third-order valence-corrected chi connectivity index (χ3v) is 3.24. The normalized spacial score (nSPS) is 19.8. The van der Waals surface area contributed by atoms with Gasteiger partial charge in [-0.2, -0.15) is 13.2 Å². The molecule has 100 valence electrons. The van der Waals surface area contributed by atoms with Gasteiger partial charge in [0.2, 0.25) is 0 Å². The van der Waals surface area contributed by atoms with E-state index in [1.807, 2.05) is 0 Å². The lowest BCUT2D eigenvalue weighted by Crippen LogP contribution is -2.29. The van der Waals surface area contributed by atoms with E-state index in [0.29, 0.717) is 19.0 Å². The van der Waals surface area contributed by atoms with Gasteiger partial charge in [0, 0.05) is 12.6 Å². The number of hydrogen-bond donors (Lipinski definition) is 0. The van der Waals surface area contributed by atoms with Crippen molar-refractivity contribution in [3.05, 3.63) is 23.8 Å². The molecule has 2 nitrogen and oxygen atoms in total. The van der Waals surface area contributed by atoms with Crippen molar-refractivity contribution in [3.8, 4) is 0 Å². The summed E-state index contributed by atoms with van der Waals surface area (Å²) in [5.74, 6) is 0. The Labute approximate surface area is 102 Å². The lowest BCUT2D eigenvalue weighted by molar-refractivity contribution is -0.141. The molecule has 0 aliphatic heterocycles. The molecule has 1 aliphatic rings. The van der Waals surface area contributed by atoms with E-state index in [2.05, 4.69) is 9.97 Å². The van der Waals surface area contributed by atoms with Crippen LogP contribution in [0.4, 0.5) is 17.6 Å². The predicted molar refractivity (Wildman–Crippen MR) is 57.7 cm³/mol. The topological polar surface area (TPSA) is 25.8 Å². The molecule has 0 atom stereocenters. The second kappa shape index (κ2) is 4.82. The third-order valence-electron chi connectivity index (χ3n) is 3.24. The van der Waals surface area contributed by atoms with E-state index in [4.69, 9.17) is 0 Å². The van der Waals surface area contributed by atoms with Crippen molar-refractivity contribution in [1.29, 1.82) is 0 Å². The summed E-state index contributed by atoms with van der Waals surface area (Å²) in [4.78, 5) is 6.95. The number of alkyl halides is 4. The molecular formula is C12H14F4N2. The molecule has 1 saturated carbocycles. The minimum atomic E-state index is -4.50. The second-order valence-corrected chi connectivity index (χ2v) is 4.78. The van der Waals surface area contributed by atoms with Gasteiger partial charge in [0.15, 0.2) is 5.69 Å². The third kappa shape index (κ3) is 3.17. The summed E-state index contributed by atoms with van der Waals surface area (Å²) >= 11 is 0. The summed E-state index contributed by atoms with van der Waals surface area (Å²) in [5.41, 5.74) is -2.08. The van der Waals surface area contributed by atoms with Crippen LogP contribution >= 0.6 is 0 Å². The van der Waals surface area contributed by atoms with Crippen molar-refractivity contribution < 1.29 is 17.6 Å². The van der Waals surface area contributed by atoms with Crippen molar-refractivity contribution in [2.45, 2.75) is 50.4 Å². The van der Waals surface area contributed by atoms with Crippen molar-refractivity contribution >= 4 is 0 Å². The van der Waals surface area contributed by atoms with Gasteiger partial charge in [0.25, 0.3) is 0 Å². The molecule has 0 saturated heterocycles. The summed E-state index contributed by atoms with van der Waals surface area (Å²) in [5, 5.41) is 0. The molecule has 6 heteroatoms. The largest absolute Gasteiger partial charge is 0.434 e. The van der Waals surface area contributed by atoms with Crippen LogP contribution in [-0.2, 0) is 12.6 Å². The Hall–Kier alpha value is -1.20. The summed E-state index contributed by atoms with van der Waals surface area (Å²) in [6.45, 7) is 0. The maximum Gasteiger partial charge on any atom is 0.434 e. The van der Waals surface area contributed by atoms with Gasteiger partial charge in [-0.25, -0.2) is 9.37 Å². The van der Waals surface area contributed by atoms with Crippen LogP contribution in [0.5, 0.6) is 0 Å². The lowest BCUT2D eigenvalue weighted by Gasteiger charge is -2.28. The number of aromatic nitrogens is 2. The van der Waals surface area contributed by atoms with Crippen LogP contribution in [0.3, 0.4) is 0 Å². The summed E-state index contributed by atoms with van der Waals surface area (Å²) in [6, 6.07) is 0. The fourth-order valence-electron chi connectivity index (χ4n) is 2.28. The van der Waals surface area contributed by atoms with Crippen LogP contribution in [0.1, 0.15) is 43.5 Å². The Morgan fingerprint density at radius 2 is 1.72 bits per heavy atom. The Morgan fingerprint density at radius 1 is 1.06 bits per heavy atom. The fourth-order valence-corrected chi connectivity index (χ4v) is 2.28. The molecule has 0 aromatic carbocycles. The number of hydrogen-bond acceptors (Lipinski definition) is 2. The highest BCUT2D eigenvalue weighted by molar-refractivity contribution is 5.08. The SMILES string of the molecule is FC1(Cc2cnc(C(F)(F)F)cn2)CCCCC1. The van der Waals surface area contributed by atoms with Gasteiger partial charge in [-0.15, -0.1) is 0 Å². The first-order chi connectivity index (χ1) is 8.39. The molecule has 0 radical (unpaired) electrons. The standard InChI is InChI=1S/C12H14F4N2/c13-11(4-2-1-3-5-11)6-9-7-18-10(8-17-9)12(14,15)16/h7-8H,1-6H2. The van der Waals surface area contributed by atoms with Crippen LogP contribution in [-0.4, -0.2) is 15.6 Å². The Balaban J connectivity index is 2.06. The zero-order chi connectivity index (χ0) is 13.2. The molecule has 0 spiro atoms. The number of rotatable bonds is 2. The van der Waals surface area contributed by atoms with Crippen molar-refractivity contribution in [2.75, 3.05) is 0 Å². The molecular weight excluding hydrogens is 248 g/mol. The van der Waals surface area contributed by atoms with Gasteiger partial charge in [-0.05, 0) is 12.8 Å². The van der Waals surface area contributed by atoms with Gasteiger partial charge in [0.1, 0.15) is 5.67 Å². The molecule has 1 heterocycles. The first-order valence-electron chi connectivity index (χ1n) is 5.96. The van der Waals surface area contributed by atoms with Crippen LogP contribution < -0.4 is 0 Å². The molecule has 1 aliphatic carbocycles. The first kappa shape index (κ1) is 13.2. The van der Waals surface area contributed by atoms with Crippen LogP contribution in [0.25, 0.3) is 0 Å². The highest BCUT2D eigenvalue weighted by Crippen LogP contribution is 2.34. The van der Waals surface area contributed by atoms with Crippen LogP contribution in [0.2, 0.25) is 0 Å². The molecule has 1 fully saturated rings. The monoisotopic (exact) mass is 262 g/mol. The number of halogens is 4. The molecule has 1 aromatic rings. The van der Waals surface area contributed by atoms with Crippen LogP contribution in [0.15, 0.2) is 12.4 Å². The van der Waals surface area contributed by atoms with Crippen LogP contribution in [0, 0.1) is 0 Å². The van der Waals surface area contributed by atoms with Crippen molar-refractivity contribution in [3.63, 3.8) is 0 Å². The maximum atomic E-state index is 14.3. The van der Waals surface area contributed by atoms with E-state index in [9.17, 15) is 17.6 Å². The Bertz CT molecular complexity index is 394. The number of nitrogens with zero attached hydrogens (tertiary/aromatic N) is 2. The lowest BCUT2D eigenvalue weighted by atomic mass is 9.83. The zero-order valence-corrected chi connectivity index (χ0v) is 9.80. The van der Waals surface area contributed by atoms with E-state index < -0.39 is 17.5 Å². The maximum absolute atomic E-state index is 14.3. The fraction of sp³-hybridized carbons (Fsp3) is 0.667. The first-order valence-corrected chi connectivity index (χ1v) is 5.96. The van der Waals surface area contributed by atoms with Gasteiger partial charge in [-0.1, -0.05) is 19.3 Å². The molecule has 0 bridgehead atoms. The van der Waals surface area contributed by atoms with E-state index in [0.717, 1.165) is 25.5 Å². The van der Waals surface area contributed by atoms with E-state index in [1.165, 1.54) is 0 Å². The molecule has 18 heavy (non-hydrogen) atoms. The summed E-state index contributed by atoms with van der Waals surface area (Å²) < 4.78 is 51.1. The average molecular weight is 262 g/mol. The van der Waals surface area contributed by atoms with Gasteiger partial charge in [-0.3, -0.25) is 4.98 Å². The van der Waals surface area contributed by atoms with Crippen molar-refractivity contribution in [1.82, 2.24) is 9.97 Å². The molecule has 0 unspecified atom stereocenters. The second-order valence-electron chi connectivity index (χ2n) is 4.78. The van der Waals surface area contributed by atoms with Gasteiger partial charge >= 0.3 is 6.18 Å². The zero-order valence-electron chi connectivity index (χ0n) is 9.80. The molecule has 1 aromatic heterocycles. The van der Waals surface area contributed by atoms with E-state index in [-0.39, 0.29) is 12.1 Å². The minimum absolute atomic E-state index is 0.0537. The van der Waals surface area contributed by atoms with E-state index in [1.54, 1.807) is 0 Å². The van der Waals surface area contributed by atoms with Crippen molar-refractivity contribution in [2.24, 2.45) is 0 Å². The highest BCUT2D eigenvalue weighted by atomic mass is 19.4. The molecule has 0 N–H and O–H groups in total. The smallest absolute Gasteiger partial charge is 0.257 e. The summed E-state index contributed by atoms with van der Waals surface area (Å²) in [7, 11) is 0. The Morgan fingerprint density at radius 3 is 2.22 bits per heavy atom. The van der Waals surface area contributed by atoms with Gasteiger partial charge < -0.3 is 0 Å². The Kier molecular flexibility index (Phi) is 3.54. The molecule has 0 amide bonds. The predicted octanol–water partition coefficient (Wildman–Crippen LogP) is 3.71. The minimum Gasteiger partial charge on any atom is -0.257 e. The average Bonchev–Trinajstić information content (AvgIpc) is 2.29. The van der Waals surface area contributed by atoms with Gasteiger partial charge in [0.05, 0.1) is 11.9 Å². The quantitative estimate of drug-likeness (QED) is 0.759. The highest BCUT2D eigenvalue weighted by Gasteiger charge is 2.34.